The number of nitrogens with one attached hydrogen (secondary N) is 1. The quantitative estimate of drug-likeness (QED) is 0.493. The standard InChI is InChI=1S/C20H21Cl2NO4/c1-25-11-10-23-20(24)9-7-14-6-8-18(19(12-14)26-2)27-13-15-16(21)4-3-5-17(15)22/h3-9,12H,10-11,13H2,1-2H3,(H,23,24)/b9-7+. The van der Waals surface area contributed by atoms with Crippen molar-refractivity contribution in [1.82, 2.24) is 5.32 Å². The number of ether oxygens (including phenoxy) is 3. The van der Waals surface area contributed by atoms with Crippen molar-refractivity contribution in [3.63, 3.8) is 0 Å². The third-order valence-corrected chi connectivity index (χ3v) is 4.36. The van der Waals surface area contributed by atoms with Crippen LogP contribution in [0.1, 0.15) is 11.1 Å². The van der Waals surface area contributed by atoms with E-state index in [0.29, 0.717) is 40.3 Å². The number of carbonyl (C=O) groups is 1. The number of benzene rings is 2. The molecule has 2 rings (SSSR count). The molecule has 2 aromatic rings. The predicted molar refractivity (Wildman–Crippen MR) is 108 cm³/mol. The van der Waals surface area contributed by atoms with Gasteiger partial charge in [0.2, 0.25) is 5.91 Å². The van der Waals surface area contributed by atoms with E-state index < -0.39 is 0 Å². The number of rotatable bonds is 9. The summed E-state index contributed by atoms with van der Waals surface area (Å²) in [7, 11) is 3.13. The normalized spacial score (nSPS) is 10.8. The van der Waals surface area contributed by atoms with Crippen LogP contribution in [0.2, 0.25) is 10.0 Å². The number of amides is 1. The monoisotopic (exact) mass is 409 g/mol. The number of carbonyl (C=O) groups excluding carboxylic acids is 1. The Morgan fingerprint density at radius 1 is 1.11 bits per heavy atom. The first-order valence-corrected chi connectivity index (χ1v) is 8.99. The van der Waals surface area contributed by atoms with Gasteiger partial charge in [0.05, 0.1) is 13.7 Å². The van der Waals surface area contributed by atoms with Crippen LogP contribution in [0.4, 0.5) is 0 Å². The molecule has 5 nitrogen and oxygen atoms in total. The average molecular weight is 410 g/mol. The Kier molecular flexibility index (Phi) is 8.45. The van der Waals surface area contributed by atoms with E-state index in [0.717, 1.165) is 5.56 Å². The lowest BCUT2D eigenvalue weighted by molar-refractivity contribution is -0.116. The lowest BCUT2D eigenvalue weighted by Gasteiger charge is -2.13. The Morgan fingerprint density at radius 2 is 1.85 bits per heavy atom. The second kappa shape index (κ2) is 10.8. The molecule has 0 aliphatic carbocycles. The minimum Gasteiger partial charge on any atom is -0.493 e. The lowest BCUT2D eigenvalue weighted by atomic mass is 10.2. The summed E-state index contributed by atoms with van der Waals surface area (Å²) in [4.78, 5) is 11.7. The maximum absolute atomic E-state index is 11.7. The summed E-state index contributed by atoms with van der Waals surface area (Å²) in [5, 5.41) is 3.80. The summed E-state index contributed by atoms with van der Waals surface area (Å²) in [5.41, 5.74) is 1.51. The number of halogens is 2. The summed E-state index contributed by atoms with van der Waals surface area (Å²) >= 11 is 12.3. The molecule has 0 atom stereocenters. The molecule has 7 heteroatoms. The van der Waals surface area contributed by atoms with Crippen molar-refractivity contribution >= 4 is 35.2 Å². The molecule has 0 fully saturated rings. The van der Waals surface area contributed by atoms with E-state index in [-0.39, 0.29) is 12.5 Å². The summed E-state index contributed by atoms with van der Waals surface area (Å²) in [6.45, 7) is 1.14. The summed E-state index contributed by atoms with van der Waals surface area (Å²) in [6, 6.07) is 10.7. The van der Waals surface area contributed by atoms with Gasteiger partial charge in [-0.25, -0.2) is 0 Å². The van der Waals surface area contributed by atoms with E-state index >= 15 is 0 Å². The van der Waals surface area contributed by atoms with E-state index in [2.05, 4.69) is 5.32 Å². The van der Waals surface area contributed by atoms with Crippen LogP contribution in [0.25, 0.3) is 6.08 Å². The molecule has 0 heterocycles. The molecule has 1 amide bonds. The highest BCUT2D eigenvalue weighted by Crippen LogP contribution is 2.31. The Bertz CT molecular complexity index is 788. The van der Waals surface area contributed by atoms with Crippen molar-refractivity contribution in [2.24, 2.45) is 0 Å². The summed E-state index contributed by atoms with van der Waals surface area (Å²) in [5.74, 6) is 0.898. The molecule has 0 saturated carbocycles. The van der Waals surface area contributed by atoms with Crippen LogP contribution in [0.3, 0.4) is 0 Å². The maximum Gasteiger partial charge on any atom is 0.244 e. The minimum atomic E-state index is -0.195. The molecule has 0 radical (unpaired) electrons. The molecule has 0 saturated heterocycles. The van der Waals surface area contributed by atoms with Crippen LogP contribution in [0.15, 0.2) is 42.5 Å². The zero-order valence-electron chi connectivity index (χ0n) is 15.1. The highest BCUT2D eigenvalue weighted by molar-refractivity contribution is 6.35. The molecule has 144 valence electrons. The van der Waals surface area contributed by atoms with Gasteiger partial charge >= 0.3 is 0 Å². The first kappa shape index (κ1) is 21.1. The second-order valence-corrected chi connectivity index (χ2v) is 6.33. The van der Waals surface area contributed by atoms with Crippen LogP contribution in [0.5, 0.6) is 11.5 Å². The van der Waals surface area contributed by atoms with Crippen molar-refractivity contribution in [3.8, 4) is 11.5 Å². The number of hydrogen-bond donors (Lipinski definition) is 1. The average Bonchev–Trinajstić information content (AvgIpc) is 2.66. The summed E-state index contributed by atoms with van der Waals surface area (Å²) < 4.78 is 16.1. The van der Waals surface area contributed by atoms with E-state index in [4.69, 9.17) is 37.4 Å². The van der Waals surface area contributed by atoms with Gasteiger partial charge in [0.1, 0.15) is 6.61 Å². The van der Waals surface area contributed by atoms with Crippen molar-refractivity contribution in [1.29, 1.82) is 0 Å². The first-order chi connectivity index (χ1) is 13.0. The highest BCUT2D eigenvalue weighted by Gasteiger charge is 2.09. The third-order valence-electron chi connectivity index (χ3n) is 3.65. The molecule has 1 N–H and O–H groups in total. The molecule has 0 bridgehead atoms. The second-order valence-electron chi connectivity index (χ2n) is 5.52. The predicted octanol–water partition coefficient (Wildman–Crippen LogP) is 4.36. The van der Waals surface area contributed by atoms with Gasteiger partial charge in [0, 0.05) is 35.3 Å². The number of methoxy groups -OCH3 is 2. The van der Waals surface area contributed by atoms with Gasteiger partial charge < -0.3 is 19.5 Å². The summed E-state index contributed by atoms with van der Waals surface area (Å²) in [6.07, 6.45) is 3.15. The Hall–Kier alpha value is -2.21. The van der Waals surface area contributed by atoms with Gasteiger partial charge in [-0.1, -0.05) is 35.3 Å². The van der Waals surface area contributed by atoms with Crippen LogP contribution in [0, 0.1) is 0 Å². The fraction of sp³-hybridized carbons (Fsp3) is 0.250. The lowest BCUT2D eigenvalue weighted by Crippen LogP contribution is -2.24. The molecule has 27 heavy (non-hydrogen) atoms. The van der Waals surface area contributed by atoms with E-state index in [1.54, 1.807) is 50.6 Å². The molecular formula is C20H21Cl2NO4. The molecule has 0 aliphatic heterocycles. The fourth-order valence-electron chi connectivity index (χ4n) is 2.23. The van der Waals surface area contributed by atoms with Crippen molar-refractivity contribution in [2.45, 2.75) is 6.61 Å². The van der Waals surface area contributed by atoms with Crippen LogP contribution in [-0.2, 0) is 16.1 Å². The molecule has 0 spiro atoms. The van der Waals surface area contributed by atoms with Crippen molar-refractivity contribution in [2.75, 3.05) is 27.4 Å². The van der Waals surface area contributed by atoms with E-state index in [9.17, 15) is 4.79 Å². The Morgan fingerprint density at radius 3 is 2.52 bits per heavy atom. The zero-order chi connectivity index (χ0) is 19.6. The topological polar surface area (TPSA) is 56.8 Å². The van der Waals surface area contributed by atoms with E-state index in [1.165, 1.54) is 6.08 Å². The van der Waals surface area contributed by atoms with Gasteiger partial charge in [-0.3, -0.25) is 4.79 Å². The molecule has 0 unspecified atom stereocenters. The zero-order valence-corrected chi connectivity index (χ0v) is 16.6. The molecular weight excluding hydrogens is 389 g/mol. The van der Waals surface area contributed by atoms with Crippen LogP contribution < -0.4 is 14.8 Å². The van der Waals surface area contributed by atoms with Gasteiger partial charge in [-0.05, 0) is 35.9 Å². The van der Waals surface area contributed by atoms with Crippen LogP contribution in [-0.4, -0.2) is 33.3 Å². The van der Waals surface area contributed by atoms with E-state index in [1.807, 2.05) is 6.07 Å². The minimum absolute atomic E-state index is 0.195. The molecule has 2 aromatic carbocycles. The fourth-order valence-corrected chi connectivity index (χ4v) is 2.74. The number of hydrogen-bond acceptors (Lipinski definition) is 4. The van der Waals surface area contributed by atoms with Crippen molar-refractivity contribution < 1.29 is 19.0 Å². The van der Waals surface area contributed by atoms with Crippen molar-refractivity contribution in [3.05, 3.63) is 63.6 Å². The largest absolute Gasteiger partial charge is 0.493 e. The Labute approximate surface area is 168 Å². The first-order valence-electron chi connectivity index (χ1n) is 8.23. The Balaban J connectivity index is 2.04. The maximum atomic E-state index is 11.7. The smallest absolute Gasteiger partial charge is 0.244 e. The van der Waals surface area contributed by atoms with Gasteiger partial charge in [-0.2, -0.15) is 0 Å². The van der Waals surface area contributed by atoms with Gasteiger partial charge in [0.15, 0.2) is 11.5 Å². The van der Waals surface area contributed by atoms with Gasteiger partial charge in [-0.15, -0.1) is 0 Å². The third kappa shape index (κ3) is 6.47. The molecule has 0 aromatic heterocycles. The highest BCUT2D eigenvalue weighted by atomic mass is 35.5. The SMILES string of the molecule is COCCNC(=O)/C=C/c1ccc(OCc2c(Cl)cccc2Cl)c(OC)c1. The molecule has 0 aliphatic rings. The van der Waals surface area contributed by atoms with Gasteiger partial charge in [0.25, 0.3) is 0 Å². The van der Waals surface area contributed by atoms with Crippen LogP contribution >= 0.6 is 23.2 Å².